The number of aromatic nitrogens is 1. The zero-order chi connectivity index (χ0) is 15.2. The van der Waals surface area contributed by atoms with E-state index in [9.17, 15) is 0 Å². The van der Waals surface area contributed by atoms with Crippen LogP contribution in [-0.4, -0.2) is 18.3 Å². The van der Waals surface area contributed by atoms with Gasteiger partial charge in [0.15, 0.2) is 0 Å². The van der Waals surface area contributed by atoms with E-state index in [0.717, 1.165) is 35.5 Å². The van der Waals surface area contributed by atoms with Crippen LogP contribution in [0.3, 0.4) is 0 Å². The van der Waals surface area contributed by atoms with Gasteiger partial charge in [-0.1, -0.05) is 25.7 Å². The average molecular weight is 298 g/mol. The first-order valence-corrected chi connectivity index (χ1v) is 8.38. The Morgan fingerprint density at radius 1 is 1.43 bits per heavy atom. The first kappa shape index (κ1) is 15.6. The van der Waals surface area contributed by atoms with E-state index in [0.29, 0.717) is 0 Å². The summed E-state index contributed by atoms with van der Waals surface area (Å²) in [5, 5.41) is 0. The second-order valence-electron chi connectivity index (χ2n) is 4.94. The van der Waals surface area contributed by atoms with Crippen LogP contribution in [0.1, 0.15) is 25.3 Å². The topological polar surface area (TPSA) is 16.1 Å². The molecule has 3 heteroatoms. The maximum absolute atomic E-state index is 4.57. The molecule has 1 heterocycles. The van der Waals surface area contributed by atoms with E-state index in [-0.39, 0.29) is 0 Å². The van der Waals surface area contributed by atoms with Crippen molar-refractivity contribution in [1.29, 1.82) is 0 Å². The lowest BCUT2D eigenvalue weighted by Gasteiger charge is -2.20. The molecule has 0 saturated carbocycles. The fourth-order valence-corrected chi connectivity index (χ4v) is 2.61. The van der Waals surface area contributed by atoms with Gasteiger partial charge in [0.1, 0.15) is 5.82 Å². The lowest BCUT2D eigenvalue weighted by atomic mass is 10.1. The molecule has 0 radical (unpaired) electrons. The third-order valence-electron chi connectivity index (χ3n) is 3.58. The molecule has 0 unspecified atom stereocenters. The van der Waals surface area contributed by atoms with Crippen molar-refractivity contribution in [3.05, 3.63) is 65.4 Å². The zero-order valence-electron chi connectivity index (χ0n) is 13.0. The van der Waals surface area contributed by atoms with Crippen molar-refractivity contribution in [1.82, 2.24) is 4.98 Å². The van der Waals surface area contributed by atoms with Crippen molar-refractivity contribution < 1.29 is 0 Å². The van der Waals surface area contributed by atoms with Crippen LogP contribution in [0.2, 0.25) is 0 Å². The lowest BCUT2D eigenvalue weighted by molar-refractivity contribution is 1.07. The Kier molecular flexibility index (Phi) is 5.45. The molecule has 0 fully saturated rings. The number of allylic oxidation sites excluding steroid dienone is 5. The van der Waals surface area contributed by atoms with Crippen LogP contribution in [0.25, 0.3) is 5.57 Å². The summed E-state index contributed by atoms with van der Waals surface area (Å²) in [4.78, 5) is 7.97. The molecule has 0 bridgehead atoms. The monoisotopic (exact) mass is 298 g/mol. The molecule has 0 N–H and O–H groups in total. The van der Waals surface area contributed by atoms with Crippen molar-refractivity contribution in [3.63, 3.8) is 0 Å². The number of likely N-dealkylation sites (N-methyl/N-ethyl adjacent to an activating group) is 1. The molecule has 110 valence electrons. The molecule has 2 rings (SSSR count). The van der Waals surface area contributed by atoms with Crippen LogP contribution >= 0.6 is 11.8 Å². The summed E-state index contributed by atoms with van der Waals surface area (Å²) in [6.45, 7) is 6.17. The fraction of sp³-hybridized carbons (Fsp3) is 0.278. The summed E-state index contributed by atoms with van der Waals surface area (Å²) in [5.74, 6) is 0.945. The largest absolute Gasteiger partial charge is 0.329 e. The molecule has 0 spiro atoms. The van der Waals surface area contributed by atoms with Crippen LogP contribution in [0, 0.1) is 0 Å². The Hall–Kier alpha value is -1.74. The molecular formula is C18H22N2S. The summed E-state index contributed by atoms with van der Waals surface area (Å²) in [7, 11) is 2.05. The Morgan fingerprint density at radius 2 is 2.24 bits per heavy atom. The van der Waals surface area contributed by atoms with Crippen molar-refractivity contribution in [2.45, 2.75) is 19.8 Å². The number of pyridine rings is 1. The minimum Gasteiger partial charge on any atom is -0.329 e. The van der Waals surface area contributed by atoms with E-state index in [4.69, 9.17) is 0 Å². The molecule has 1 aliphatic rings. The van der Waals surface area contributed by atoms with E-state index in [1.165, 1.54) is 4.91 Å². The Balaban J connectivity index is 2.23. The number of hydrogen-bond donors (Lipinski definition) is 0. The SMILES string of the molecule is C=C(CC)c1ccc(N(C)C2=CC(SC)=CCC=C2)nc1. The summed E-state index contributed by atoms with van der Waals surface area (Å²) >= 11 is 1.77. The van der Waals surface area contributed by atoms with E-state index >= 15 is 0 Å². The van der Waals surface area contributed by atoms with Crippen molar-refractivity contribution in [2.24, 2.45) is 0 Å². The first-order chi connectivity index (χ1) is 10.2. The van der Waals surface area contributed by atoms with E-state index < -0.39 is 0 Å². The highest BCUT2D eigenvalue weighted by atomic mass is 32.2. The van der Waals surface area contributed by atoms with Gasteiger partial charge < -0.3 is 4.90 Å². The quantitative estimate of drug-likeness (QED) is 0.758. The second-order valence-corrected chi connectivity index (χ2v) is 5.82. The standard InChI is InChI=1S/C18H22N2S/c1-5-14(2)15-10-11-18(19-13-15)20(3)16-8-6-7-9-17(12-16)21-4/h6,8-13H,2,5,7H2,1,3-4H3. The van der Waals surface area contributed by atoms with Gasteiger partial charge in [-0.3, -0.25) is 0 Å². The van der Waals surface area contributed by atoms with E-state index in [1.54, 1.807) is 11.8 Å². The van der Waals surface area contributed by atoms with E-state index in [2.05, 4.69) is 73.1 Å². The second kappa shape index (κ2) is 7.32. The van der Waals surface area contributed by atoms with Crippen LogP contribution in [0.4, 0.5) is 5.82 Å². The molecule has 2 nitrogen and oxygen atoms in total. The highest BCUT2D eigenvalue weighted by molar-refractivity contribution is 8.02. The van der Waals surface area contributed by atoms with Crippen LogP contribution in [-0.2, 0) is 0 Å². The number of anilines is 1. The van der Waals surface area contributed by atoms with Crippen LogP contribution in [0.5, 0.6) is 0 Å². The minimum atomic E-state index is 0.945. The molecule has 21 heavy (non-hydrogen) atoms. The fourth-order valence-electron chi connectivity index (χ4n) is 2.11. The maximum atomic E-state index is 4.57. The normalized spacial score (nSPS) is 14.2. The van der Waals surface area contributed by atoms with Crippen molar-refractivity contribution >= 4 is 23.2 Å². The van der Waals surface area contributed by atoms with Crippen LogP contribution in [0.15, 0.2) is 59.8 Å². The Labute approximate surface area is 132 Å². The third-order valence-corrected chi connectivity index (χ3v) is 4.34. The summed E-state index contributed by atoms with van der Waals surface area (Å²) in [6.07, 6.45) is 14.7. The van der Waals surface area contributed by atoms with Gasteiger partial charge in [0.05, 0.1) is 0 Å². The third kappa shape index (κ3) is 3.88. The molecule has 0 amide bonds. The Morgan fingerprint density at radius 3 is 2.86 bits per heavy atom. The smallest absolute Gasteiger partial charge is 0.132 e. The predicted octanol–water partition coefficient (Wildman–Crippen LogP) is 5.03. The molecule has 0 aliphatic heterocycles. The summed E-state index contributed by atoms with van der Waals surface area (Å²) in [6, 6.07) is 4.15. The summed E-state index contributed by atoms with van der Waals surface area (Å²) in [5.41, 5.74) is 3.39. The Bertz CT molecular complexity index is 594. The van der Waals surface area contributed by atoms with Gasteiger partial charge in [0.25, 0.3) is 0 Å². The van der Waals surface area contributed by atoms with Gasteiger partial charge in [-0.2, -0.15) is 0 Å². The van der Waals surface area contributed by atoms with E-state index in [1.807, 2.05) is 6.20 Å². The minimum absolute atomic E-state index is 0.945. The lowest BCUT2D eigenvalue weighted by Crippen LogP contribution is -2.16. The van der Waals surface area contributed by atoms with Gasteiger partial charge in [-0.15, -0.1) is 11.8 Å². The van der Waals surface area contributed by atoms with Gasteiger partial charge in [-0.25, -0.2) is 4.98 Å². The van der Waals surface area contributed by atoms with Gasteiger partial charge in [0, 0.05) is 23.8 Å². The molecule has 1 aliphatic carbocycles. The predicted molar refractivity (Wildman–Crippen MR) is 95.4 cm³/mol. The van der Waals surface area contributed by atoms with Crippen molar-refractivity contribution in [2.75, 3.05) is 18.2 Å². The highest BCUT2D eigenvalue weighted by Crippen LogP contribution is 2.24. The molecule has 1 aromatic rings. The maximum Gasteiger partial charge on any atom is 0.132 e. The number of rotatable bonds is 5. The number of hydrogen-bond acceptors (Lipinski definition) is 3. The highest BCUT2D eigenvalue weighted by Gasteiger charge is 2.09. The van der Waals surface area contributed by atoms with Gasteiger partial charge >= 0.3 is 0 Å². The molecular weight excluding hydrogens is 276 g/mol. The number of thioether (sulfide) groups is 1. The van der Waals surface area contributed by atoms with Gasteiger partial charge in [-0.05, 0) is 54.5 Å². The number of nitrogens with zero attached hydrogens (tertiary/aromatic N) is 2. The summed E-state index contributed by atoms with van der Waals surface area (Å²) < 4.78 is 0. The molecule has 0 aromatic carbocycles. The van der Waals surface area contributed by atoms with Crippen molar-refractivity contribution in [3.8, 4) is 0 Å². The molecule has 0 saturated heterocycles. The average Bonchev–Trinajstić information content (AvgIpc) is 2.79. The zero-order valence-corrected chi connectivity index (χ0v) is 13.8. The molecule has 0 atom stereocenters. The van der Waals surface area contributed by atoms with Crippen LogP contribution < -0.4 is 4.90 Å². The molecule has 1 aromatic heterocycles. The van der Waals surface area contributed by atoms with Gasteiger partial charge in [0.2, 0.25) is 0 Å². The first-order valence-electron chi connectivity index (χ1n) is 7.16.